The summed E-state index contributed by atoms with van der Waals surface area (Å²) in [6.45, 7) is 0.332. The highest BCUT2D eigenvalue weighted by Gasteiger charge is 2.05. The first kappa shape index (κ1) is 10.2. The Morgan fingerprint density at radius 2 is 2.00 bits per heavy atom. The monoisotopic (exact) mass is 216 g/mol. The lowest BCUT2D eigenvalue weighted by atomic mass is 10.2. The molecule has 82 valence electrons. The molecule has 0 fully saturated rings. The van der Waals surface area contributed by atoms with Gasteiger partial charge in [-0.15, -0.1) is 0 Å². The third-order valence-corrected chi connectivity index (χ3v) is 2.04. The first-order valence-electron chi connectivity index (χ1n) is 4.82. The Balaban J connectivity index is 2.17. The molecule has 0 bridgehead atoms. The van der Waals surface area contributed by atoms with Crippen LogP contribution in [0.1, 0.15) is 5.69 Å². The van der Waals surface area contributed by atoms with Gasteiger partial charge in [0, 0.05) is 11.6 Å². The molecule has 2 rings (SSSR count). The second kappa shape index (κ2) is 4.48. The summed E-state index contributed by atoms with van der Waals surface area (Å²) in [6.07, 6.45) is 0. The minimum Gasteiger partial charge on any atom is -0.370 e. The number of nitrogens with two attached hydrogens (primary N) is 2. The number of nitrogens with zero attached hydrogens (tertiary/aromatic N) is 2. The third-order valence-electron chi connectivity index (χ3n) is 2.04. The van der Waals surface area contributed by atoms with Crippen LogP contribution in [0.4, 0.5) is 0 Å². The van der Waals surface area contributed by atoms with E-state index < -0.39 is 0 Å². The molecule has 0 unspecified atom stereocenters. The molecule has 0 aliphatic carbocycles. The quantitative estimate of drug-likeness (QED) is 0.594. The Kier molecular flexibility index (Phi) is 2.86. The summed E-state index contributed by atoms with van der Waals surface area (Å²) in [4.78, 5) is 3.85. The molecule has 0 atom stereocenters. The number of guanidine groups is 1. The van der Waals surface area contributed by atoms with E-state index in [1.54, 1.807) is 0 Å². The number of aromatic nitrogens is 1. The summed E-state index contributed by atoms with van der Waals surface area (Å²) >= 11 is 0. The molecule has 0 radical (unpaired) electrons. The molecular formula is C11H12N4O. The molecular weight excluding hydrogens is 204 g/mol. The number of hydrogen-bond acceptors (Lipinski definition) is 3. The van der Waals surface area contributed by atoms with E-state index in [0.717, 1.165) is 5.56 Å². The second-order valence-corrected chi connectivity index (χ2v) is 3.29. The average Bonchev–Trinajstić information content (AvgIpc) is 2.76. The minimum absolute atomic E-state index is 0.0456. The molecule has 4 N–H and O–H groups in total. The Labute approximate surface area is 92.8 Å². The molecule has 1 aromatic carbocycles. The summed E-state index contributed by atoms with van der Waals surface area (Å²) in [7, 11) is 0. The summed E-state index contributed by atoms with van der Waals surface area (Å²) in [5, 5.41) is 3.87. The molecule has 1 aromatic heterocycles. The molecule has 0 aliphatic heterocycles. The van der Waals surface area contributed by atoms with Crippen LogP contribution in [0.5, 0.6) is 0 Å². The van der Waals surface area contributed by atoms with Gasteiger partial charge in [-0.3, -0.25) is 0 Å². The smallest absolute Gasteiger partial charge is 0.186 e. The van der Waals surface area contributed by atoms with Gasteiger partial charge in [0.05, 0.1) is 6.54 Å². The van der Waals surface area contributed by atoms with Crippen LogP contribution >= 0.6 is 0 Å². The maximum atomic E-state index is 5.23. The lowest BCUT2D eigenvalue weighted by molar-refractivity contribution is 0.424. The van der Waals surface area contributed by atoms with Crippen LogP contribution in [0, 0.1) is 0 Å². The van der Waals surface area contributed by atoms with E-state index in [-0.39, 0.29) is 5.96 Å². The van der Waals surface area contributed by atoms with Crippen molar-refractivity contribution in [3.63, 3.8) is 0 Å². The lowest BCUT2D eigenvalue weighted by Gasteiger charge is -1.91. The van der Waals surface area contributed by atoms with Crippen molar-refractivity contribution in [2.45, 2.75) is 6.54 Å². The molecule has 0 saturated heterocycles. The van der Waals surface area contributed by atoms with Crippen molar-refractivity contribution in [3.05, 3.63) is 42.1 Å². The number of aliphatic imine (C=N–C) groups is 1. The molecule has 0 aliphatic rings. The van der Waals surface area contributed by atoms with E-state index in [2.05, 4.69) is 10.1 Å². The fraction of sp³-hybridized carbons (Fsp3) is 0.0909. The molecule has 0 spiro atoms. The van der Waals surface area contributed by atoms with E-state index in [0.29, 0.717) is 18.0 Å². The van der Waals surface area contributed by atoms with Crippen molar-refractivity contribution in [3.8, 4) is 11.3 Å². The average molecular weight is 216 g/mol. The first-order valence-corrected chi connectivity index (χ1v) is 4.82. The van der Waals surface area contributed by atoms with Crippen molar-refractivity contribution in [1.82, 2.24) is 5.16 Å². The highest BCUT2D eigenvalue weighted by molar-refractivity contribution is 5.75. The zero-order valence-corrected chi connectivity index (χ0v) is 8.63. The minimum atomic E-state index is 0.0456. The van der Waals surface area contributed by atoms with Crippen molar-refractivity contribution in [1.29, 1.82) is 0 Å². The standard InChI is InChI=1S/C11H12N4O/c12-11(13)14-7-9-6-10(16-15-9)8-4-2-1-3-5-8/h1-6H,7H2,(H4,12,13,14). The van der Waals surface area contributed by atoms with Gasteiger partial charge in [-0.2, -0.15) is 0 Å². The van der Waals surface area contributed by atoms with Gasteiger partial charge in [0.1, 0.15) is 5.69 Å². The molecule has 0 saturated carbocycles. The molecule has 1 heterocycles. The van der Waals surface area contributed by atoms with Gasteiger partial charge >= 0.3 is 0 Å². The van der Waals surface area contributed by atoms with Gasteiger partial charge in [0.25, 0.3) is 0 Å². The van der Waals surface area contributed by atoms with E-state index in [4.69, 9.17) is 16.0 Å². The molecule has 0 amide bonds. The lowest BCUT2D eigenvalue weighted by Crippen LogP contribution is -2.22. The molecule has 5 heteroatoms. The molecule has 5 nitrogen and oxygen atoms in total. The van der Waals surface area contributed by atoms with Crippen molar-refractivity contribution in [2.75, 3.05) is 0 Å². The highest BCUT2D eigenvalue weighted by Crippen LogP contribution is 2.19. The van der Waals surface area contributed by atoms with Crippen LogP contribution in [-0.4, -0.2) is 11.1 Å². The summed E-state index contributed by atoms with van der Waals surface area (Å²) < 4.78 is 5.18. The van der Waals surface area contributed by atoms with Crippen molar-refractivity contribution in [2.24, 2.45) is 16.5 Å². The van der Waals surface area contributed by atoms with Gasteiger partial charge in [-0.05, 0) is 0 Å². The SMILES string of the molecule is NC(N)=NCc1cc(-c2ccccc2)on1. The summed E-state index contributed by atoms with van der Waals surface area (Å²) in [5.74, 6) is 0.755. The Morgan fingerprint density at radius 3 is 2.69 bits per heavy atom. The predicted octanol–water partition coefficient (Wildman–Crippen LogP) is 1.11. The fourth-order valence-electron chi connectivity index (χ4n) is 1.30. The first-order chi connectivity index (χ1) is 7.75. The van der Waals surface area contributed by atoms with Crippen LogP contribution in [-0.2, 0) is 6.54 Å². The zero-order valence-electron chi connectivity index (χ0n) is 8.63. The Hall–Kier alpha value is -2.30. The fourth-order valence-corrected chi connectivity index (χ4v) is 1.30. The second-order valence-electron chi connectivity index (χ2n) is 3.29. The normalized spacial score (nSPS) is 10.0. The van der Waals surface area contributed by atoms with Crippen LogP contribution in [0.25, 0.3) is 11.3 Å². The number of rotatable bonds is 3. The van der Waals surface area contributed by atoms with Crippen LogP contribution in [0.2, 0.25) is 0 Å². The van der Waals surface area contributed by atoms with Crippen LogP contribution in [0.3, 0.4) is 0 Å². The van der Waals surface area contributed by atoms with E-state index in [9.17, 15) is 0 Å². The van der Waals surface area contributed by atoms with Crippen LogP contribution in [0.15, 0.2) is 45.9 Å². The van der Waals surface area contributed by atoms with Crippen molar-refractivity contribution >= 4 is 5.96 Å². The van der Waals surface area contributed by atoms with Gasteiger partial charge in [0.15, 0.2) is 11.7 Å². The van der Waals surface area contributed by atoms with E-state index in [1.165, 1.54) is 0 Å². The van der Waals surface area contributed by atoms with E-state index >= 15 is 0 Å². The largest absolute Gasteiger partial charge is 0.370 e. The van der Waals surface area contributed by atoms with Gasteiger partial charge < -0.3 is 16.0 Å². The number of benzene rings is 1. The Bertz CT molecular complexity index is 486. The number of hydrogen-bond donors (Lipinski definition) is 2. The van der Waals surface area contributed by atoms with Gasteiger partial charge in [-0.25, -0.2) is 4.99 Å². The highest BCUT2D eigenvalue weighted by atomic mass is 16.5. The third kappa shape index (κ3) is 2.38. The van der Waals surface area contributed by atoms with Crippen LogP contribution < -0.4 is 11.5 Å². The van der Waals surface area contributed by atoms with E-state index in [1.807, 2.05) is 36.4 Å². The maximum absolute atomic E-state index is 5.23. The molecule has 16 heavy (non-hydrogen) atoms. The van der Waals surface area contributed by atoms with Gasteiger partial charge in [0.2, 0.25) is 0 Å². The maximum Gasteiger partial charge on any atom is 0.186 e. The summed E-state index contributed by atoms with van der Waals surface area (Å²) in [5.41, 5.74) is 12.1. The topological polar surface area (TPSA) is 90.4 Å². The zero-order chi connectivity index (χ0) is 11.4. The summed E-state index contributed by atoms with van der Waals surface area (Å²) in [6, 6.07) is 11.5. The Morgan fingerprint density at radius 1 is 1.25 bits per heavy atom. The van der Waals surface area contributed by atoms with Gasteiger partial charge in [-0.1, -0.05) is 35.5 Å². The van der Waals surface area contributed by atoms with Crippen molar-refractivity contribution < 1.29 is 4.52 Å². The molecule has 2 aromatic rings. The predicted molar refractivity (Wildman–Crippen MR) is 61.5 cm³/mol.